The average molecular weight is 179 g/mol. The predicted octanol–water partition coefficient (Wildman–Crippen LogP) is 2.24. The summed E-state index contributed by atoms with van der Waals surface area (Å²) in [5.41, 5.74) is 0.622. The van der Waals surface area contributed by atoms with E-state index in [1.165, 1.54) is 0 Å². The number of benzene rings is 1. The number of hydrogen-bond acceptors (Lipinski definition) is 2. The topological polar surface area (TPSA) is 43.1 Å². The summed E-state index contributed by atoms with van der Waals surface area (Å²) >= 11 is 0. The molecule has 70 valence electrons. The molecule has 1 aromatic rings. The Bertz CT molecular complexity index is 293. The summed E-state index contributed by atoms with van der Waals surface area (Å²) in [6.07, 6.45) is 0. The van der Waals surface area contributed by atoms with Gasteiger partial charge in [-0.25, -0.2) is 0 Å². The lowest BCUT2D eigenvalue weighted by atomic mass is 9.85. The van der Waals surface area contributed by atoms with Crippen molar-refractivity contribution in [2.45, 2.75) is 19.3 Å². The van der Waals surface area contributed by atoms with Gasteiger partial charge in [0.2, 0.25) is 6.54 Å². The predicted molar refractivity (Wildman–Crippen MR) is 51.3 cm³/mol. The van der Waals surface area contributed by atoms with Crippen LogP contribution in [0, 0.1) is 10.1 Å². The zero-order valence-electron chi connectivity index (χ0n) is 7.86. The van der Waals surface area contributed by atoms with Gasteiger partial charge in [-0.2, -0.15) is 0 Å². The average Bonchev–Trinajstić information content (AvgIpc) is 2.04. The van der Waals surface area contributed by atoms with Crippen molar-refractivity contribution in [3.63, 3.8) is 0 Å². The minimum Gasteiger partial charge on any atom is -0.265 e. The minimum atomic E-state index is -0.384. The molecule has 0 aliphatic rings. The summed E-state index contributed by atoms with van der Waals surface area (Å²) < 4.78 is 0. The van der Waals surface area contributed by atoms with Crippen molar-refractivity contribution >= 4 is 0 Å². The fourth-order valence-corrected chi connectivity index (χ4v) is 1.30. The SMILES string of the molecule is CC(C)(C[N+](=O)[O-])c1ccccc1. The number of rotatable bonds is 3. The van der Waals surface area contributed by atoms with Crippen LogP contribution in [0.2, 0.25) is 0 Å². The van der Waals surface area contributed by atoms with Crippen molar-refractivity contribution in [3.05, 3.63) is 46.0 Å². The first kappa shape index (κ1) is 9.71. The number of nitro groups is 1. The molecule has 0 bridgehead atoms. The van der Waals surface area contributed by atoms with Crippen molar-refractivity contribution in [2.75, 3.05) is 6.54 Å². The molecule has 0 amide bonds. The highest BCUT2D eigenvalue weighted by Crippen LogP contribution is 2.22. The number of nitrogens with zero attached hydrogens (tertiary/aromatic N) is 1. The van der Waals surface area contributed by atoms with Crippen molar-refractivity contribution in [1.29, 1.82) is 0 Å². The largest absolute Gasteiger partial charge is 0.265 e. The van der Waals surface area contributed by atoms with E-state index in [9.17, 15) is 10.1 Å². The lowest BCUT2D eigenvalue weighted by molar-refractivity contribution is -0.489. The van der Waals surface area contributed by atoms with Gasteiger partial charge in [-0.15, -0.1) is 0 Å². The molecule has 0 radical (unpaired) electrons. The molecule has 0 saturated heterocycles. The second kappa shape index (κ2) is 3.56. The highest BCUT2D eigenvalue weighted by Gasteiger charge is 2.26. The van der Waals surface area contributed by atoms with Crippen LogP contribution in [0.25, 0.3) is 0 Å². The molecule has 0 spiro atoms. The Balaban J connectivity index is 2.87. The molecule has 0 atom stereocenters. The summed E-state index contributed by atoms with van der Waals surface area (Å²) in [7, 11) is 0. The van der Waals surface area contributed by atoms with E-state index in [0.29, 0.717) is 0 Å². The Morgan fingerprint density at radius 1 is 1.31 bits per heavy atom. The third-order valence-corrected chi connectivity index (χ3v) is 2.08. The summed E-state index contributed by atoms with van der Waals surface area (Å²) in [6, 6.07) is 9.55. The van der Waals surface area contributed by atoms with Crippen molar-refractivity contribution in [2.24, 2.45) is 0 Å². The van der Waals surface area contributed by atoms with Crippen LogP contribution in [0.5, 0.6) is 0 Å². The molecule has 0 N–H and O–H groups in total. The van der Waals surface area contributed by atoms with Crippen LogP contribution in [0.1, 0.15) is 19.4 Å². The van der Waals surface area contributed by atoms with Crippen LogP contribution in [-0.2, 0) is 5.41 Å². The van der Waals surface area contributed by atoms with Gasteiger partial charge in [0, 0.05) is 4.92 Å². The Morgan fingerprint density at radius 2 is 1.85 bits per heavy atom. The van der Waals surface area contributed by atoms with Gasteiger partial charge in [0.1, 0.15) is 0 Å². The van der Waals surface area contributed by atoms with Crippen LogP contribution in [-0.4, -0.2) is 11.5 Å². The molecule has 13 heavy (non-hydrogen) atoms. The molecule has 1 aromatic carbocycles. The molecular formula is C10H13NO2. The van der Waals surface area contributed by atoms with Gasteiger partial charge >= 0.3 is 0 Å². The molecule has 1 rings (SSSR count). The van der Waals surface area contributed by atoms with Gasteiger partial charge in [-0.05, 0) is 19.4 Å². The quantitative estimate of drug-likeness (QED) is 0.527. The van der Waals surface area contributed by atoms with Gasteiger partial charge in [-0.1, -0.05) is 30.3 Å². The van der Waals surface area contributed by atoms with Crippen LogP contribution >= 0.6 is 0 Å². The first-order chi connectivity index (χ1) is 6.02. The molecule has 3 nitrogen and oxygen atoms in total. The third-order valence-electron chi connectivity index (χ3n) is 2.08. The van der Waals surface area contributed by atoms with Crippen LogP contribution in [0.3, 0.4) is 0 Å². The summed E-state index contributed by atoms with van der Waals surface area (Å²) in [6.45, 7) is 3.73. The van der Waals surface area contributed by atoms with Crippen LogP contribution in [0.15, 0.2) is 30.3 Å². The van der Waals surface area contributed by atoms with Crippen LogP contribution in [0.4, 0.5) is 0 Å². The monoisotopic (exact) mass is 179 g/mol. The van der Waals surface area contributed by atoms with Crippen LogP contribution < -0.4 is 0 Å². The highest BCUT2D eigenvalue weighted by atomic mass is 16.6. The smallest absolute Gasteiger partial charge is 0.212 e. The van der Waals surface area contributed by atoms with Crippen molar-refractivity contribution < 1.29 is 4.92 Å². The van der Waals surface area contributed by atoms with E-state index in [4.69, 9.17) is 0 Å². The lowest BCUT2D eigenvalue weighted by Gasteiger charge is -2.19. The van der Waals surface area contributed by atoms with E-state index >= 15 is 0 Å². The zero-order chi connectivity index (χ0) is 9.90. The Labute approximate surface area is 77.5 Å². The van der Waals surface area contributed by atoms with E-state index in [1.807, 2.05) is 44.2 Å². The maximum atomic E-state index is 10.4. The fourth-order valence-electron chi connectivity index (χ4n) is 1.30. The first-order valence-electron chi connectivity index (χ1n) is 4.20. The zero-order valence-corrected chi connectivity index (χ0v) is 7.86. The molecule has 0 saturated carbocycles. The van der Waals surface area contributed by atoms with Crippen molar-refractivity contribution in [3.8, 4) is 0 Å². The van der Waals surface area contributed by atoms with E-state index in [2.05, 4.69) is 0 Å². The van der Waals surface area contributed by atoms with Gasteiger partial charge in [-0.3, -0.25) is 10.1 Å². The summed E-state index contributed by atoms with van der Waals surface area (Å²) in [5.74, 6) is 0. The maximum absolute atomic E-state index is 10.4. The van der Waals surface area contributed by atoms with Gasteiger partial charge < -0.3 is 0 Å². The van der Waals surface area contributed by atoms with Gasteiger partial charge in [0.05, 0.1) is 5.41 Å². The Kier molecular flexibility index (Phi) is 2.66. The third kappa shape index (κ3) is 2.54. The molecular weight excluding hydrogens is 166 g/mol. The molecule has 3 heteroatoms. The first-order valence-corrected chi connectivity index (χ1v) is 4.20. The van der Waals surface area contributed by atoms with E-state index in [1.54, 1.807) is 0 Å². The van der Waals surface area contributed by atoms with E-state index in [-0.39, 0.29) is 16.9 Å². The highest BCUT2D eigenvalue weighted by molar-refractivity contribution is 5.23. The maximum Gasteiger partial charge on any atom is 0.212 e. The molecule has 0 heterocycles. The normalized spacial score (nSPS) is 11.2. The van der Waals surface area contributed by atoms with Gasteiger partial charge in [0.15, 0.2) is 0 Å². The van der Waals surface area contributed by atoms with E-state index in [0.717, 1.165) is 5.56 Å². The fraction of sp³-hybridized carbons (Fsp3) is 0.400. The molecule has 0 unspecified atom stereocenters. The molecule has 0 aliphatic heterocycles. The van der Waals surface area contributed by atoms with Crippen molar-refractivity contribution in [1.82, 2.24) is 0 Å². The Hall–Kier alpha value is -1.38. The molecule has 0 fully saturated rings. The molecule has 0 aromatic heterocycles. The second-order valence-corrected chi connectivity index (χ2v) is 3.74. The summed E-state index contributed by atoms with van der Waals surface area (Å²) in [4.78, 5) is 10.1. The minimum absolute atomic E-state index is 0.0307. The standard InChI is InChI=1S/C10H13NO2/c1-10(2,8-11(12)13)9-6-4-3-5-7-9/h3-7H,8H2,1-2H3. The Morgan fingerprint density at radius 3 is 2.31 bits per heavy atom. The van der Waals surface area contributed by atoms with Gasteiger partial charge in [0.25, 0.3) is 0 Å². The van der Waals surface area contributed by atoms with E-state index < -0.39 is 0 Å². The molecule has 0 aliphatic carbocycles. The summed E-state index contributed by atoms with van der Waals surface area (Å²) in [5, 5.41) is 10.4. The second-order valence-electron chi connectivity index (χ2n) is 3.74. The lowest BCUT2D eigenvalue weighted by Crippen LogP contribution is -2.27. The number of hydrogen-bond donors (Lipinski definition) is 0.